The lowest BCUT2D eigenvalue weighted by Crippen LogP contribution is -2.36. The average molecular weight is 478 g/mol. The predicted molar refractivity (Wildman–Crippen MR) is 125 cm³/mol. The number of carbonyl (C=O) groups is 3. The zero-order valence-corrected chi connectivity index (χ0v) is 19.7. The molecule has 9 heteroatoms. The first kappa shape index (κ1) is 22.1. The summed E-state index contributed by atoms with van der Waals surface area (Å²) in [6, 6.07) is 8.52. The van der Waals surface area contributed by atoms with Gasteiger partial charge in [0, 0.05) is 37.1 Å². The van der Waals surface area contributed by atoms with Gasteiger partial charge < -0.3 is 19.7 Å². The normalized spacial score (nSPS) is 14.0. The van der Waals surface area contributed by atoms with Crippen molar-refractivity contribution in [2.45, 2.75) is 33.4 Å². The SMILES string of the molecule is CC(=O)c1ccc(C(=O)N2CCc3c(cnc(C)c3CNC(=O)c3ccc4c(c3)OCO4)C2)s1. The van der Waals surface area contributed by atoms with Gasteiger partial charge in [0.1, 0.15) is 0 Å². The summed E-state index contributed by atoms with van der Waals surface area (Å²) in [6.45, 7) is 4.93. The van der Waals surface area contributed by atoms with Gasteiger partial charge in [0.05, 0.1) is 9.75 Å². The van der Waals surface area contributed by atoms with E-state index in [0.29, 0.717) is 52.9 Å². The monoisotopic (exact) mass is 477 g/mol. The Morgan fingerprint density at radius 2 is 1.91 bits per heavy atom. The number of carbonyl (C=O) groups excluding carboxylic acids is 3. The lowest BCUT2D eigenvalue weighted by atomic mass is 9.94. The maximum Gasteiger partial charge on any atom is 0.264 e. The van der Waals surface area contributed by atoms with E-state index in [9.17, 15) is 14.4 Å². The molecule has 0 unspecified atom stereocenters. The fourth-order valence-electron chi connectivity index (χ4n) is 4.24. The van der Waals surface area contributed by atoms with Crippen LogP contribution in [0.2, 0.25) is 0 Å². The van der Waals surface area contributed by atoms with Crippen LogP contribution >= 0.6 is 11.3 Å². The van der Waals surface area contributed by atoms with Gasteiger partial charge in [-0.05, 0) is 67.3 Å². The molecular formula is C25H23N3O5S. The van der Waals surface area contributed by atoms with Crippen molar-refractivity contribution in [3.05, 3.63) is 74.2 Å². The number of aromatic nitrogens is 1. The second kappa shape index (κ2) is 8.90. The first-order valence-corrected chi connectivity index (χ1v) is 11.8. The number of aryl methyl sites for hydroxylation is 1. The van der Waals surface area contributed by atoms with Crippen LogP contribution in [0.4, 0.5) is 0 Å². The van der Waals surface area contributed by atoms with Crippen LogP contribution in [0, 0.1) is 6.92 Å². The molecule has 5 rings (SSSR count). The molecule has 0 spiro atoms. The summed E-state index contributed by atoms with van der Waals surface area (Å²) in [6.07, 6.45) is 2.48. The molecule has 0 fully saturated rings. The van der Waals surface area contributed by atoms with Crippen LogP contribution in [0.1, 0.15) is 59.0 Å². The minimum atomic E-state index is -0.207. The maximum atomic E-state index is 13.0. The smallest absolute Gasteiger partial charge is 0.264 e. The molecule has 8 nitrogen and oxygen atoms in total. The molecule has 174 valence electrons. The summed E-state index contributed by atoms with van der Waals surface area (Å²) in [4.78, 5) is 44.7. The number of nitrogens with one attached hydrogen (secondary N) is 1. The second-order valence-corrected chi connectivity index (χ2v) is 9.36. The molecule has 4 heterocycles. The van der Waals surface area contributed by atoms with Crippen LogP contribution in [0.5, 0.6) is 11.5 Å². The first-order chi connectivity index (χ1) is 16.4. The van der Waals surface area contributed by atoms with E-state index in [4.69, 9.17) is 9.47 Å². The van der Waals surface area contributed by atoms with E-state index in [1.165, 1.54) is 18.3 Å². The van der Waals surface area contributed by atoms with Crippen molar-refractivity contribution in [3.8, 4) is 11.5 Å². The molecule has 2 amide bonds. The number of fused-ring (bicyclic) bond motifs is 2. The van der Waals surface area contributed by atoms with Crippen LogP contribution < -0.4 is 14.8 Å². The van der Waals surface area contributed by atoms with Crippen LogP contribution in [-0.2, 0) is 19.5 Å². The van der Waals surface area contributed by atoms with Gasteiger partial charge in [-0.25, -0.2) is 0 Å². The highest BCUT2D eigenvalue weighted by Crippen LogP contribution is 2.32. The van der Waals surface area contributed by atoms with Crippen molar-refractivity contribution in [2.75, 3.05) is 13.3 Å². The number of nitrogens with zero attached hydrogens (tertiary/aromatic N) is 2. The fourth-order valence-corrected chi connectivity index (χ4v) is 5.11. The van der Waals surface area contributed by atoms with Crippen LogP contribution in [0.15, 0.2) is 36.5 Å². The van der Waals surface area contributed by atoms with Gasteiger partial charge in [0.25, 0.3) is 11.8 Å². The Morgan fingerprint density at radius 3 is 2.71 bits per heavy atom. The van der Waals surface area contributed by atoms with Crippen molar-refractivity contribution in [1.29, 1.82) is 0 Å². The van der Waals surface area contributed by atoms with Crippen molar-refractivity contribution in [2.24, 2.45) is 0 Å². The van der Waals surface area contributed by atoms with Gasteiger partial charge in [-0.2, -0.15) is 0 Å². The lowest BCUT2D eigenvalue weighted by molar-refractivity contribution is 0.0739. The van der Waals surface area contributed by atoms with E-state index >= 15 is 0 Å². The van der Waals surface area contributed by atoms with E-state index < -0.39 is 0 Å². The van der Waals surface area contributed by atoms with Crippen molar-refractivity contribution >= 4 is 28.9 Å². The van der Waals surface area contributed by atoms with Gasteiger partial charge in [-0.1, -0.05) is 0 Å². The number of amides is 2. The number of benzene rings is 1. The average Bonchev–Trinajstić information content (AvgIpc) is 3.52. The molecule has 2 aromatic heterocycles. The van der Waals surface area contributed by atoms with Crippen LogP contribution in [-0.4, -0.2) is 40.8 Å². The molecular weight excluding hydrogens is 454 g/mol. The number of rotatable bonds is 5. The summed E-state index contributed by atoms with van der Waals surface area (Å²) in [7, 11) is 0. The van der Waals surface area contributed by atoms with Crippen LogP contribution in [0.25, 0.3) is 0 Å². The molecule has 1 N–H and O–H groups in total. The van der Waals surface area contributed by atoms with E-state index in [0.717, 1.165) is 22.4 Å². The Labute approximate surface area is 200 Å². The molecule has 0 aliphatic carbocycles. The van der Waals surface area contributed by atoms with Gasteiger partial charge in [0.2, 0.25) is 6.79 Å². The van der Waals surface area contributed by atoms with Crippen molar-refractivity contribution < 1.29 is 23.9 Å². The van der Waals surface area contributed by atoms with E-state index in [-0.39, 0.29) is 24.4 Å². The third-order valence-electron chi connectivity index (χ3n) is 6.11. The molecule has 0 bridgehead atoms. The number of thiophene rings is 1. The minimum absolute atomic E-state index is 0.0415. The Kier molecular flexibility index (Phi) is 5.79. The molecule has 3 aromatic rings. The topological polar surface area (TPSA) is 97.8 Å². The summed E-state index contributed by atoms with van der Waals surface area (Å²) in [5, 5.41) is 2.98. The van der Waals surface area contributed by atoms with E-state index in [1.807, 2.05) is 13.1 Å². The maximum absolute atomic E-state index is 13.0. The predicted octanol–water partition coefficient (Wildman–Crippen LogP) is 3.51. The third-order valence-corrected chi connectivity index (χ3v) is 7.28. The quantitative estimate of drug-likeness (QED) is 0.565. The highest BCUT2D eigenvalue weighted by Gasteiger charge is 2.26. The summed E-state index contributed by atoms with van der Waals surface area (Å²) in [5.74, 6) is 0.866. The van der Waals surface area contributed by atoms with Gasteiger partial charge >= 0.3 is 0 Å². The zero-order valence-electron chi connectivity index (χ0n) is 18.8. The Morgan fingerprint density at radius 1 is 1.12 bits per heavy atom. The van der Waals surface area contributed by atoms with Crippen LogP contribution in [0.3, 0.4) is 0 Å². The molecule has 0 atom stereocenters. The summed E-state index contributed by atoms with van der Waals surface area (Å²) < 4.78 is 10.7. The molecule has 2 aliphatic heterocycles. The number of ketones is 1. The van der Waals surface area contributed by atoms with Gasteiger partial charge in [0.15, 0.2) is 17.3 Å². The molecule has 0 saturated carbocycles. The Bertz CT molecular complexity index is 1320. The number of pyridine rings is 1. The Balaban J connectivity index is 1.30. The number of hydrogen-bond acceptors (Lipinski definition) is 7. The molecule has 0 radical (unpaired) electrons. The standard InChI is InChI=1S/C25H23N3O5S/c1-14-19(11-27-24(30)16-3-4-20-21(9-16)33-13-32-20)18-7-8-28(12-17(18)10-26-14)25(31)23-6-5-22(34-23)15(2)29/h3-6,9-10H,7-8,11-13H2,1-2H3,(H,27,30). The van der Waals surface area contributed by atoms with Crippen molar-refractivity contribution in [3.63, 3.8) is 0 Å². The first-order valence-electron chi connectivity index (χ1n) is 10.9. The highest BCUT2D eigenvalue weighted by molar-refractivity contribution is 7.15. The van der Waals surface area contributed by atoms with Gasteiger partial charge in [-0.3, -0.25) is 19.4 Å². The molecule has 1 aromatic carbocycles. The minimum Gasteiger partial charge on any atom is -0.454 e. The molecule has 34 heavy (non-hydrogen) atoms. The zero-order chi connectivity index (χ0) is 23.8. The van der Waals surface area contributed by atoms with E-state index in [1.54, 1.807) is 35.2 Å². The van der Waals surface area contributed by atoms with Gasteiger partial charge in [-0.15, -0.1) is 11.3 Å². The third kappa shape index (κ3) is 4.14. The Hall–Kier alpha value is -3.72. The fraction of sp³-hybridized carbons (Fsp3) is 0.280. The largest absolute Gasteiger partial charge is 0.454 e. The molecule has 0 saturated heterocycles. The summed E-state index contributed by atoms with van der Waals surface area (Å²) >= 11 is 1.23. The van der Waals surface area contributed by atoms with E-state index in [2.05, 4.69) is 10.3 Å². The number of Topliss-reactive ketones (excluding diaryl/α,β-unsaturated/α-hetero) is 1. The van der Waals surface area contributed by atoms with Crippen molar-refractivity contribution in [1.82, 2.24) is 15.2 Å². The number of ether oxygens (including phenoxy) is 2. The highest BCUT2D eigenvalue weighted by atomic mass is 32.1. The molecule has 2 aliphatic rings. The summed E-state index contributed by atoms with van der Waals surface area (Å²) in [5.41, 5.74) is 4.43. The number of hydrogen-bond donors (Lipinski definition) is 1. The lowest BCUT2D eigenvalue weighted by Gasteiger charge is -2.30. The second-order valence-electron chi connectivity index (χ2n) is 8.27.